The number of hydrogen-bond donors (Lipinski definition) is 0. The molecule has 10 aromatic rings. The van der Waals surface area contributed by atoms with Crippen LogP contribution in [0, 0.1) is 6.92 Å². The van der Waals surface area contributed by atoms with Crippen molar-refractivity contribution >= 4 is 76.5 Å². The van der Waals surface area contributed by atoms with Crippen LogP contribution >= 0.6 is 0 Å². The molecule has 3 heterocycles. The van der Waals surface area contributed by atoms with E-state index in [0.29, 0.717) is 0 Å². The molecule has 3 aromatic heterocycles. The van der Waals surface area contributed by atoms with Gasteiger partial charge in [-0.25, -0.2) is 4.98 Å². The number of aromatic nitrogens is 2. The van der Waals surface area contributed by atoms with Gasteiger partial charge in [0.1, 0.15) is 22.3 Å². The zero-order chi connectivity index (χ0) is 29.6. The average molecular weight is 577 g/mol. The van der Waals surface area contributed by atoms with Crippen LogP contribution in [-0.4, -0.2) is 9.97 Å². The summed E-state index contributed by atoms with van der Waals surface area (Å²) in [5.74, 6) is 0. The van der Waals surface area contributed by atoms with Crippen molar-refractivity contribution in [3.63, 3.8) is 0 Å². The highest BCUT2D eigenvalue weighted by molar-refractivity contribution is 6.23. The summed E-state index contributed by atoms with van der Waals surface area (Å²) in [4.78, 5) is 10.2. The molecule has 0 spiro atoms. The summed E-state index contributed by atoms with van der Waals surface area (Å²) < 4.78 is 12.6. The first-order chi connectivity index (χ1) is 22.2. The summed E-state index contributed by atoms with van der Waals surface area (Å²) in [7, 11) is 0. The van der Waals surface area contributed by atoms with Gasteiger partial charge in [-0.3, -0.25) is 4.98 Å². The maximum absolute atomic E-state index is 6.34. The van der Waals surface area contributed by atoms with Gasteiger partial charge in [0.15, 0.2) is 0 Å². The number of hydrogen-bond acceptors (Lipinski definition) is 4. The molecule has 210 valence electrons. The van der Waals surface area contributed by atoms with Crippen molar-refractivity contribution in [1.82, 2.24) is 9.97 Å². The van der Waals surface area contributed by atoms with Crippen molar-refractivity contribution in [2.75, 3.05) is 0 Å². The minimum Gasteiger partial charge on any atom is -0.456 e. The molecule has 4 heteroatoms. The Labute approximate surface area is 257 Å². The number of furan rings is 2. The fourth-order valence-corrected chi connectivity index (χ4v) is 6.96. The molecule has 0 atom stereocenters. The number of aryl methyl sites for hydroxylation is 1. The third-order valence-corrected chi connectivity index (χ3v) is 9.14. The highest BCUT2D eigenvalue weighted by Crippen LogP contribution is 2.39. The van der Waals surface area contributed by atoms with Gasteiger partial charge in [0.2, 0.25) is 0 Å². The Balaban J connectivity index is 1.12. The zero-order valence-electron chi connectivity index (χ0n) is 24.3. The Hall–Kier alpha value is -6.00. The second-order valence-electron chi connectivity index (χ2n) is 11.9. The SMILES string of the molecule is Cc1ccc2oc3cc4c(cc3c2c1)oc1ccc(-c2cccc(-c3cnc5c6ccccc6c6ccccc6c5n3)c2)cc14. The molecule has 0 aliphatic rings. The van der Waals surface area contributed by atoms with Crippen molar-refractivity contribution in [2.45, 2.75) is 6.92 Å². The molecule has 0 unspecified atom stereocenters. The molecular formula is C41H24N2O2. The van der Waals surface area contributed by atoms with E-state index in [0.717, 1.165) is 88.1 Å². The van der Waals surface area contributed by atoms with Crippen LogP contribution in [0.3, 0.4) is 0 Å². The molecular weight excluding hydrogens is 552 g/mol. The van der Waals surface area contributed by atoms with Crippen LogP contribution in [0.25, 0.3) is 98.8 Å². The van der Waals surface area contributed by atoms with Crippen molar-refractivity contribution in [2.24, 2.45) is 0 Å². The van der Waals surface area contributed by atoms with Gasteiger partial charge in [-0.05, 0) is 71.3 Å². The first-order valence-electron chi connectivity index (χ1n) is 15.1. The van der Waals surface area contributed by atoms with E-state index in [1.807, 2.05) is 12.3 Å². The van der Waals surface area contributed by atoms with Crippen LogP contribution in [0.15, 0.2) is 136 Å². The van der Waals surface area contributed by atoms with Gasteiger partial charge in [-0.15, -0.1) is 0 Å². The Morgan fingerprint density at radius 1 is 0.422 bits per heavy atom. The van der Waals surface area contributed by atoms with Crippen molar-refractivity contribution in [1.29, 1.82) is 0 Å². The Morgan fingerprint density at radius 2 is 1.00 bits per heavy atom. The summed E-state index contributed by atoms with van der Waals surface area (Å²) in [5, 5.41) is 8.92. The maximum Gasteiger partial charge on any atom is 0.136 e. The van der Waals surface area contributed by atoms with Crippen LogP contribution in [-0.2, 0) is 0 Å². The normalized spacial score (nSPS) is 12.1. The lowest BCUT2D eigenvalue weighted by Crippen LogP contribution is -1.92. The lowest BCUT2D eigenvalue weighted by Gasteiger charge is -2.11. The Bertz CT molecular complexity index is 2800. The van der Waals surface area contributed by atoms with E-state index in [1.165, 1.54) is 16.3 Å². The second-order valence-corrected chi connectivity index (χ2v) is 11.9. The molecule has 0 N–H and O–H groups in total. The lowest BCUT2D eigenvalue weighted by atomic mass is 9.98. The van der Waals surface area contributed by atoms with Crippen LogP contribution in [0.5, 0.6) is 0 Å². The van der Waals surface area contributed by atoms with Gasteiger partial charge in [-0.2, -0.15) is 0 Å². The summed E-state index contributed by atoms with van der Waals surface area (Å²) >= 11 is 0. The van der Waals surface area contributed by atoms with Crippen molar-refractivity contribution in [3.05, 3.63) is 133 Å². The van der Waals surface area contributed by atoms with E-state index in [4.69, 9.17) is 18.8 Å². The average Bonchev–Trinajstić information content (AvgIpc) is 3.63. The predicted octanol–water partition coefficient (Wildman–Crippen LogP) is 11.4. The maximum atomic E-state index is 6.34. The van der Waals surface area contributed by atoms with Gasteiger partial charge < -0.3 is 8.83 Å². The van der Waals surface area contributed by atoms with Crippen molar-refractivity contribution in [3.8, 4) is 22.4 Å². The molecule has 0 aliphatic heterocycles. The lowest BCUT2D eigenvalue weighted by molar-refractivity contribution is 0.664. The fourth-order valence-electron chi connectivity index (χ4n) is 6.96. The van der Waals surface area contributed by atoms with E-state index >= 15 is 0 Å². The highest BCUT2D eigenvalue weighted by Gasteiger charge is 2.16. The number of fused-ring (bicyclic) bond motifs is 12. The monoisotopic (exact) mass is 576 g/mol. The molecule has 45 heavy (non-hydrogen) atoms. The van der Waals surface area contributed by atoms with E-state index in [-0.39, 0.29) is 0 Å². The van der Waals surface area contributed by atoms with Gasteiger partial charge >= 0.3 is 0 Å². The highest BCUT2D eigenvalue weighted by atomic mass is 16.3. The molecule has 10 rings (SSSR count). The van der Waals surface area contributed by atoms with Gasteiger partial charge in [0.05, 0.1) is 22.9 Å². The van der Waals surface area contributed by atoms with Crippen LogP contribution in [0.1, 0.15) is 5.56 Å². The quantitative estimate of drug-likeness (QED) is 0.192. The first-order valence-corrected chi connectivity index (χ1v) is 15.1. The standard InChI is InChI=1S/C41H24N2O2/c1-23-13-15-36-31(17-23)33-20-39-34(21-38(33)44-36)32-19-25(14-16-37(32)45-39)24-7-6-8-26(18-24)35-22-42-40-29-11-4-2-9-27(29)28-10-3-5-12-30(28)41(40)43-35/h2-22H,1H3. The molecule has 4 nitrogen and oxygen atoms in total. The molecule has 0 saturated carbocycles. The molecule has 0 fully saturated rings. The topological polar surface area (TPSA) is 52.1 Å². The van der Waals surface area contributed by atoms with Gasteiger partial charge in [0.25, 0.3) is 0 Å². The largest absolute Gasteiger partial charge is 0.456 e. The summed E-state index contributed by atoms with van der Waals surface area (Å²) in [5.41, 5.74) is 10.6. The summed E-state index contributed by atoms with van der Waals surface area (Å²) in [6.07, 6.45) is 1.90. The van der Waals surface area contributed by atoms with E-state index in [1.54, 1.807) is 0 Å². The van der Waals surface area contributed by atoms with Crippen LogP contribution in [0.2, 0.25) is 0 Å². The molecule has 0 amide bonds. The Kier molecular flexibility index (Phi) is 4.89. The smallest absolute Gasteiger partial charge is 0.136 e. The van der Waals surface area contributed by atoms with E-state index < -0.39 is 0 Å². The minimum absolute atomic E-state index is 0.849. The molecule has 0 bridgehead atoms. The first kappa shape index (κ1) is 24.4. The van der Waals surface area contributed by atoms with Crippen LogP contribution in [0.4, 0.5) is 0 Å². The fraction of sp³-hybridized carbons (Fsp3) is 0.0244. The number of rotatable bonds is 2. The van der Waals surface area contributed by atoms with Crippen molar-refractivity contribution < 1.29 is 8.83 Å². The second kappa shape index (κ2) is 9.01. The number of benzene rings is 7. The third kappa shape index (κ3) is 3.60. The minimum atomic E-state index is 0.849. The third-order valence-electron chi connectivity index (χ3n) is 9.14. The van der Waals surface area contributed by atoms with Gasteiger partial charge in [-0.1, -0.05) is 84.4 Å². The summed E-state index contributed by atoms with van der Waals surface area (Å²) in [6, 6.07) is 42.4. The molecule has 0 saturated heterocycles. The zero-order valence-corrected chi connectivity index (χ0v) is 24.3. The molecule has 0 radical (unpaired) electrons. The number of nitrogens with zero attached hydrogens (tertiary/aromatic N) is 2. The van der Waals surface area contributed by atoms with Crippen LogP contribution < -0.4 is 0 Å². The molecule has 7 aromatic carbocycles. The van der Waals surface area contributed by atoms with E-state index in [9.17, 15) is 0 Å². The Morgan fingerprint density at radius 3 is 1.73 bits per heavy atom. The van der Waals surface area contributed by atoms with Gasteiger partial charge in [0, 0.05) is 37.9 Å². The summed E-state index contributed by atoms with van der Waals surface area (Å²) in [6.45, 7) is 2.10. The predicted molar refractivity (Wildman–Crippen MR) is 185 cm³/mol. The van der Waals surface area contributed by atoms with E-state index in [2.05, 4.69) is 122 Å². The molecule has 0 aliphatic carbocycles.